The van der Waals surface area contributed by atoms with Crippen LogP contribution >= 0.6 is 0 Å². The van der Waals surface area contributed by atoms with Crippen molar-refractivity contribution >= 4 is 11.7 Å². The molecule has 0 unspecified atom stereocenters. The standard InChI is InChI=1S/C17H17F3N4O2/c1-16(2)9-13(24-7-3-6-22-15(24)23-10-21)12-8-11(25-17(18,19)20)4-5-14(12)26-16/h4-5,8-9H,3,6-7H2,1-2H3,(H,22,23). The summed E-state index contributed by atoms with van der Waals surface area (Å²) in [7, 11) is 0. The molecule has 2 aliphatic heterocycles. The van der Waals surface area contributed by atoms with Crippen LogP contribution in [0.3, 0.4) is 0 Å². The molecule has 1 saturated heterocycles. The molecule has 1 aromatic carbocycles. The smallest absolute Gasteiger partial charge is 0.483 e. The number of rotatable bonds is 2. The van der Waals surface area contributed by atoms with Crippen LogP contribution in [0, 0.1) is 11.5 Å². The molecule has 2 heterocycles. The second-order valence-corrected chi connectivity index (χ2v) is 6.41. The van der Waals surface area contributed by atoms with Crippen LogP contribution < -0.4 is 14.8 Å². The summed E-state index contributed by atoms with van der Waals surface area (Å²) in [6, 6.07) is 3.94. The maximum atomic E-state index is 12.6. The first kappa shape index (κ1) is 17.9. The van der Waals surface area contributed by atoms with Crippen molar-refractivity contribution in [3.63, 3.8) is 0 Å². The molecule has 6 nitrogen and oxygen atoms in total. The highest BCUT2D eigenvalue weighted by molar-refractivity contribution is 5.92. The molecule has 138 valence electrons. The van der Waals surface area contributed by atoms with Crippen molar-refractivity contribution in [3.8, 4) is 17.7 Å². The third kappa shape index (κ3) is 3.85. The lowest BCUT2D eigenvalue weighted by molar-refractivity contribution is -0.274. The average Bonchev–Trinajstić information content (AvgIpc) is 2.53. The number of nitrogens with one attached hydrogen (secondary N) is 1. The summed E-state index contributed by atoms with van der Waals surface area (Å²) in [5.41, 5.74) is 0.384. The van der Waals surface area contributed by atoms with Gasteiger partial charge in [0.2, 0.25) is 12.2 Å². The van der Waals surface area contributed by atoms with Gasteiger partial charge in [0.15, 0.2) is 0 Å². The maximum absolute atomic E-state index is 12.6. The molecule has 1 fully saturated rings. The molecule has 2 aliphatic rings. The van der Waals surface area contributed by atoms with Gasteiger partial charge in [0.05, 0.1) is 5.70 Å². The lowest BCUT2D eigenvalue weighted by Crippen LogP contribution is -2.47. The minimum absolute atomic E-state index is 0.339. The van der Waals surface area contributed by atoms with E-state index < -0.39 is 12.0 Å². The summed E-state index contributed by atoms with van der Waals surface area (Å²) in [5, 5.41) is 11.9. The number of nitriles is 1. The molecular weight excluding hydrogens is 349 g/mol. The van der Waals surface area contributed by atoms with Gasteiger partial charge in [-0.2, -0.15) is 5.26 Å². The summed E-state index contributed by atoms with van der Waals surface area (Å²) < 4.78 is 47.6. The number of nitrogens with zero attached hydrogens (tertiary/aromatic N) is 3. The van der Waals surface area contributed by atoms with E-state index in [0.717, 1.165) is 6.42 Å². The molecule has 26 heavy (non-hydrogen) atoms. The Labute approximate surface area is 148 Å². The Kier molecular flexibility index (Phi) is 4.44. The number of guanidine groups is 1. The van der Waals surface area contributed by atoms with Gasteiger partial charge < -0.3 is 19.7 Å². The van der Waals surface area contributed by atoms with Crippen LogP contribution in [0.2, 0.25) is 0 Å². The SMILES string of the molecule is CC1(C)C=C(N2CCCNC2=NC#N)c2cc(OC(F)(F)F)ccc2O1. The molecule has 0 aliphatic carbocycles. The Morgan fingerprint density at radius 1 is 1.38 bits per heavy atom. The second kappa shape index (κ2) is 6.44. The normalized spacial score (nSPS) is 20.4. The molecule has 1 aromatic rings. The van der Waals surface area contributed by atoms with E-state index in [9.17, 15) is 13.2 Å². The molecule has 0 radical (unpaired) electrons. The van der Waals surface area contributed by atoms with E-state index in [2.05, 4.69) is 15.0 Å². The lowest BCUT2D eigenvalue weighted by atomic mass is 9.97. The number of aliphatic imine (C=N–C) groups is 1. The third-order valence-electron chi connectivity index (χ3n) is 3.86. The van der Waals surface area contributed by atoms with Gasteiger partial charge in [-0.25, -0.2) is 0 Å². The van der Waals surface area contributed by atoms with Crippen LogP contribution in [0.4, 0.5) is 13.2 Å². The van der Waals surface area contributed by atoms with Crippen LogP contribution in [0.5, 0.6) is 11.5 Å². The van der Waals surface area contributed by atoms with Crippen LogP contribution in [0.1, 0.15) is 25.8 Å². The van der Waals surface area contributed by atoms with E-state index in [1.165, 1.54) is 18.2 Å². The van der Waals surface area contributed by atoms with Gasteiger partial charge >= 0.3 is 6.36 Å². The number of hydrogen-bond acceptors (Lipinski definition) is 4. The Morgan fingerprint density at radius 2 is 2.15 bits per heavy atom. The van der Waals surface area contributed by atoms with E-state index in [4.69, 9.17) is 10.00 Å². The monoisotopic (exact) mass is 366 g/mol. The van der Waals surface area contributed by atoms with E-state index >= 15 is 0 Å². The number of halogens is 3. The zero-order valence-corrected chi connectivity index (χ0v) is 14.2. The van der Waals surface area contributed by atoms with Gasteiger partial charge in [0.1, 0.15) is 17.1 Å². The van der Waals surface area contributed by atoms with Gasteiger partial charge in [-0.15, -0.1) is 18.2 Å². The molecule has 0 aromatic heterocycles. The minimum atomic E-state index is -4.78. The van der Waals surface area contributed by atoms with Crippen molar-refractivity contribution in [2.45, 2.75) is 32.2 Å². The lowest BCUT2D eigenvalue weighted by Gasteiger charge is -2.38. The first-order valence-electron chi connectivity index (χ1n) is 7.99. The number of benzene rings is 1. The average molecular weight is 366 g/mol. The Balaban J connectivity index is 2.07. The van der Waals surface area contributed by atoms with Crippen molar-refractivity contribution in [3.05, 3.63) is 29.8 Å². The molecule has 9 heteroatoms. The minimum Gasteiger partial charge on any atom is -0.483 e. The maximum Gasteiger partial charge on any atom is 0.573 e. The van der Waals surface area contributed by atoms with Gasteiger partial charge in [-0.3, -0.25) is 0 Å². The van der Waals surface area contributed by atoms with Gasteiger partial charge in [0.25, 0.3) is 0 Å². The van der Waals surface area contributed by atoms with Crippen molar-refractivity contribution in [1.29, 1.82) is 5.26 Å². The molecule has 0 bridgehead atoms. The summed E-state index contributed by atoms with van der Waals surface area (Å²) in [6.07, 6.45) is -0.452. The van der Waals surface area contributed by atoms with Gasteiger partial charge in [0, 0.05) is 18.7 Å². The van der Waals surface area contributed by atoms with Crippen molar-refractivity contribution in [1.82, 2.24) is 10.2 Å². The number of alkyl halides is 3. The summed E-state index contributed by atoms with van der Waals surface area (Å²) in [5.74, 6) is 0.453. The van der Waals surface area contributed by atoms with Crippen LogP contribution in [0.25, 0.3) is 5.70 Å². The first-order valence-corrected chi connectivity index (χ1v) is 7.99. The van der Waals surface area contributed by atoms with Crippen molar-refractivity contribution < 1.29 is 22.6 Å². The zero-order valence-electron chi connectivity index (χ0n) is 14.2. The highest BCUT2D eigenvalue weighted by atomic mass is 19.4. The number of hydrogen-bond donors (Lipinski definition) is 1. The highest BCUT2D eigenvalue weighted by Crippen LogP contribution is 2.40. The van der Waals surface area contributed by atoms with E-state index in [1.807, 2.05) is 13.8 Å². The highest BCUT2D eigenvalue weighted by Gasteiger charge is 2.34. The molecule has 0 atom stereocenters. The van der Waals surface area contributed by atoms with E-state index in [0.29, 0.717) is 36.1 Å². The Hall–Kier alpha value is -2.89. The van der Waals surface area contributed by atoms with Crippen LogP contribution in [0.15, 0.2) is 29.3 Å². The number of fused-ring (bicyclic) bond motifs is 1. The van der Waals surface area contributed by atoms with Crippen LogP contribution in [-0.2, 0) is 0 Å². The number of ether oxygens (including phenoxy) is 2. The molecule has 1 N–H and O–H groups in total. The molecule has 0 saturated carbocycles. The molecule has 3 rings (SSSR count). The van der Waals surface area contributed by atoms with Gasteiger partial charge in [-0.1, -0.05) is 0 Å². The van der Waals surface area contributed by atoms with E-state index in [-0.39, 0.29) is 5.75 Å². The predicted octanol–water partition coefficient (Wildman–Crippen LogP) is 3.23. The summed E-state index contributed by atoms with van der Waals surface area (Å²) in [6.45, 7) is 4.91. The Morgan fingerprint density at radius 3 is 2.85 bits per heavy atom. The zero-order chi connectivity index (χ0) is 18.9. The fraction of sp³-hybridized carbons (Fsp3) is 0.412. The molecular formula is C17H17F3N4O2. The second-order valence-electron chi connectivity index (χ2n) is 6.41. The van der Waals surface area contributed by atoms with Gasteiger partial charge in [-0.05, 0) is 44.5 Å². The van der Waals surface area contributed by atoms with E-state index in [1.54, 1.807) is 17.2 Å². The molecule has 0 spiro atoms. The summed E-state index contributed by atoms with van der Waals surface area (Å²) >= 11 is 0. The van der Waals surface area contributed by atoms with Crippen molar-refractivity contribution in [2.75, 3.05) is 13.1 Å². The molecule has 0 amide bonds. The topological polar surface area (TPSA) is 69.9 Å². The third-order valence-corrected chi connectivity index (χ3v) is 3.86. The fourth-order valence-electron chi connectivity index (χ4n) is 2.96. The Bertz CT molecular complexity index is 809. The first-order chi connectivity index (χ1) is 12.2. The quantitative estimate of drug-likeness (QED) is 0.814. The largest absolute Gasteiger partial charge is 0.573 e. The van der Waals surface area contributed by atoms with Crippen LogP contribution in [-0.4, -0.2) is 35.9 Å². The predicted molar refractivity (Wildman–Crippen MR) is 88.2 cm³/mol. The van der Waals surface area contributed by atoms with Crippen molar-refractivity contribution in [2.24, 2.45) is 4.99 Å². The summed E-state index contributed by atoms with van der Waals surface area (Å²) in [4.78, 5) is 5.56. The fourth-order valence-corrected chi connectivity index (χ4v) is 2.96.